The second-order valence-electron chi connectivity index (χ2n) is 30.2. The highest BCUT2D eigenvalue weighted by Gasteiger charge is 2.48. The van der Waals surface area contributed by atoms with E-state index < -0.39 is 224 Å². The fraction of sp³-hybridized carbons (Fsp3) is 0.707. The van der Waals surface area contributed by atoms with E-state index in [0.717, 1.165) is 6.92 Å². The van der Waals surface area contributed by atoms with E-state index in [-0.39, 0.29) is 110 Å². The van der Waals surface area contributed by atoms with Gasteiger partial charge in [-0.05, 0) is 161 Å². The molecule has 5 heterocycles. The summed E-state index contributed by atoms with van der Waals surface area (Å²) in [6.07, 6.45) is 4.07. The summed E-state index contributed by atoms with van der Waals surface area (Å²) < 4.78 is 0. The number of nitrogens with two attached hydrogens (primary N) is 5. The Morgan fingerprint density at radius 2 is 0.810 bits per heavy atom. The van der Waals surface area contributed by atoms with Crippen LogP contribution in [0, 0.1) is 5.92 Å². The summed E-state index contributed by atoms with van der Waals surface area (Å²) in [5.41, 5.74) is 29.3. The standard InChI is InChI=1S/C75H123N21O20/c1-5-42(2)59(91-61(102)49(37-45-19-7-6-8-20-45)87-60(101)46(21-9-11-29-76)84-58(100)38-78)73(114)95-35-17-27-56(95)68(109)89-51(40-98)63(104)85-48(23-13-31-81-75(79)80)70(111)93-33-15-24-53(93)65(106)82-43(3)69(110)92-32-14-25-54(92)66(107)86-47(22-10-12-30-77)71(112)96-36-18-28-57(96)72(113)94-34-16-26-55(94)67(108)90-52(41-99)64(105)88-50(39-97)62(103)83-44(4)74(115)116/h6-8,19-20,42-44,46-57,59,75,81,97-99H,5,9-18,21-41,76-80H2,1-4H3,(H,82,106)(H,83,103)(H,84,100)(H,85,104)(H,86,107)(H,87,101)(H,88,105)(H,89,109)(H,90,108)(H,91,102)(H,115,116)/t42-,43-,44-,46-,47-,48-,49-,50-,51-,52-,53-,54-,55-,56-,57-,59-/m0/s1. The van der Waals surface area contributed by atoms with Crippen LogP contribution in [0.15, 0.2) is 30.3 Å². The molecule has 0 aromatic heterocycles. The fourth-order valence-electron chi connectivity index (χ4n) is 15.1. The Balaban J connectivity index is 1.09. The maximum Gasteiger partial charge on any atom is 0.325 e. The molecule has 0 spiro atoms. The average Bonchev–Trinajstić information content (AvgIpc) is 1.64. The minimum absolute atomic E-state index is 0.0123. The molecule has 5 aliphatic heterocycles. The number of amides is 15. The molecule has 0 radical (unpaired) electrons. The van der Waals surface area contributed by atoms with Crippen LogP contribution < -0.4 is 87.2 Å². The number of hydrogen-bond donors (Lipinski definition) is 20. The van der Waals surface area contributed by atoms with Crippen molar-refractivity contribution < 1.29 is 97.1 Å². The summed E-state index contributed by atoms with van der Waals surface area (Å²) in [4.78, 5) is 229. The van der Waals surface area contributed by atoms with Crippen molar-refractivity contribution in [3.8, 4) is 0 Å². The summed E-state index contributed by atoms with van der Waals surface area (Å²) in [5.74, 6) is -13.4. The number of carbonyl (C=O) groups excluding carboxylic acids is 15. The Morgan fingerprint density at radius 3 is 1.29 bits per heavy atom. The molecular formula is C75H123N21O20. The van der Waals surface area contributed by atoms with Crippen LogP contribution in [0.25, 0.3) is 0 Å². The first-order chi connectivity index (χ1) is 55.4. The SMILES string of the molecule is CC[C@H](C)[C@H](NC(=O)[C@H](Cc1ccccc1)NC(=O)[C@H](CCCCN)NC(=O)CN)C(=O)N1CCC[C@H]1C(=O)N[C@@H](CO)C(=O)N[C@@H](CCCNC(N)N)C(=O)N1CCC[C@H]1C(=O)N[C@@H](C)C(=O)N1CCC[C@H]1C(=O)N[C@@H](CCCCN)C(=O)N1CCC[C@H]1C(=O)N1CCC[C@H]1C(=O)N[C@@H](CO)C(=O)N[C@@H](CO)C(=O)N[C@@H](C)C(=O)O. The first kappa shape index (κ1) is 95.2. The van der Waals surface area contributed by atoms with Crippen molar-refractivity contribution in [1.29, 1.82) is 0 Å². The van der Waals surface area contributed by atoms with Gasteiger partial charge >= 0.3 is 5.97 Å². The molecule has 0 aliphatic carbocycles. The number of carbonyl (C=O) groups is 16. The summed E-state index contributed by atoms with van der Waals surface area (Å²) in [6, 6.07) is -10.8. The Morgan fingerprint density at radius 1 is 0.422 bits per heavy atom. The van der Waals surface area contributed by atoms with Crippen LogP contribution in [0.1, 0.15) is 155 Å². The number of aliphatic hydroxyl groups is 3. The van der Waals surface area contributed by atoms with Crippen molar-refractivity contribution in [3.05, 3.63) is 35.9 Å². The zero-order chi connectivity index (χ0) is 85.5. The predicted molar refractivity (Wildman–Crippen MR) is 417 cm³/mol. The number of rotatable bonds is 46. The van der Waals surface area contributed by atoms with Gasteiger partial charge < -0.3 is 127 Å². The molecule has 0 bridgehead atoms. The zero-order valence-electron chi connectivity index (χ0n) is 66.8. The minimum Gasteiger partial charge on any atom is -0.480 e. The number of aliphatic hydroxyl groups excluding tert-OH is 3. The summed E-state index contributed by atoms with van der Waals surface area (Å²) >= 11 is 0. The van der Waals surface area contributed by atoms with E-state index in [1.807, 2.05) is 0 Å². The Labute approximate surface area is 674 Å². The third kappa shape index (κ3) is 27.0. The number of nitrogens with one attached hydrogen (secondary N) is 11. The van der Waals surface area contributed by atoms with E-state index >= 15 is 0 Å². The van der Waals surface area contributed by atoms with Crippen molar-refractivity contribution in [2.45, 2.75) is 253 Å². The van der Waals surface area contributed by atoms with Gasteiger partial charge in [0.2, 0.25) is 88.6 Å². The normalized spacial score (nSPS) is 20.8. The Kier molecular flexibility index (Phi) is 39.0. The molecule has 1 aromatic carbocycles. The quantitative estimate of drug-likeness (QED) is 0.0213. The molecule has 648 valence electrons. The zero-order valence-corrected chi connectivity index (χ0v) is 66.8. The third-order valence-corrected chi connectivity index (χ3v) is 21.8. The number of carboxylic acid groups (broad SMARTS) is 1. The largest absolute Gasteiger partial charge is 0.480 e. The lowest BCUT2D eigenvalue weighted by molar-refractivity contribution is -0.148. The molecule has 0 unspecified atom stereocenters. The summed E-state index contributed by atoms with van der Waals surface area (Å²) in [7, 11) is 0. The lowest BCUT2D eigenvalue weighted by atomic mass is 9.96. The van der Waals surface area contributed by atoms with Crippen LogP contribution in [-0.4, -0.2) is 315 Å². The van der Waals surface area contributed by atoms with Gasteiger partial charge in [-0.1, -0.05) is 50.6 Å². The number of benzene rings is 1. The number of likely N-dealkylation sites (tertiary alicyclic amines) is 5. The highest BCUT2D eigenvalue weighted by molar-refractivity contribution is 6.01. The Bertz CT molecular complexity index is 3550. The van der Waals surface area contributed by atoms with Crippen LogP contribution in [-0.2, 0) is 83.1 Å². The monoisotopic (exact) mass is 1640 g/mol. The van der Waals surface area contributed by atoms with E-state index in [1.54, 1.807) is 44.2 Å². The molecule has 5 fully saturated rings. The lowest BCUT2D eigenvalue weighted by Crippen LogP contribution is -2.61. The molecule has 41 heteroatoms. The number of aliphatic carboxylic acids is 1. The third-order valence-electron chi connectivity index (χ3n) is 21.8. The van der Waals surface area contributed by atoms with Crippen LogP contribution in [0.3, 0.4) is 0 Å². The molecule has 6 rings (SSSR count). The number of nitrogens with zero attached hydrogens (tertiary/aromatic N) is 5. The summed E-state index contributed by atoms with van der Waals surface area (Å²) in [6.45, 7) is 3.89. The highest BCUT2D eigenvalue weighted by Crippen LogP contribution is 2.29. The van der Waals surface area contributed by atoms with E-state index in [4.69, 9.17) is 28.7 Å². The highest BCUT2D eigenvalue weighted by atomic mass is 16.4. The number of hydrogen-bond acceptors (Lipinski definition) is 25. The molecule has 1 aromatic rings. The van der Waals surface area contributed by atoms with Crippen molar-refractivity contribution in [1.82, 2.24) is 83.0 Å². The second kappa shape index (κ2) is 47.6. The maximum absolute atomic E-state index is 14.8. The Hall–Kier alpha value is -9.62. The fourth-order valence-corrected chi connectivity index (χ4v) is 15.1. The molecule has 16 atom stereocenters. The van der Waals surface area contributed by atoms with E-state index in [2.05, 4.69) is 58.5 Å². The first-order valence-corrected chi connectivity index (χ1v) is 40.4. The van der Waals surface area contributed by atoms with Gasteiger partial charge in [-0.2, -0.15) is 0 Å². The minimum atomic E-state index is -1.69. The molecular weight excluding hydrogens is 1510 g/mol. The molecule has 15 amide bonds. The van der Waals surface area contributed by atoms with E-state index in [9.17, 15) is 97.1 Å². The van der Waals surface area contributed by atoms with Crippen LogP contribution in [0.5, 0.6) is 0 Å². The van der Waals surface area contributed by atoms with E-state index in [1.165, 1.54) is 31.4 Å². The van der Waals surface area contributed by atoms with Gasteiger partial charge in [0.1, 0.15) is 96.9 Å². The van der Waals surface area contributed by atoms with Crippen LogP contribution in [0.4, 0.5) is 0 Å². The van der Waals surface area contributed by atoms with Crippen molar-refractivity contribution in [2.24, 2.45) is 34.6 Å². The topological polar surface area (TPSA) is 633 Å². The molecule has 25 N–H and O–H groups in total. The predicted octanol–water partition coefficient (Wildman–Crippen LogP) is -8.03. The van der Waals surface area contributed by atoms with Gasteiger partial charge in [0, 0.05) is 39.1 Å². The molecule has 5 aliphatic rings. The van der Waals surface area contributed by atoms with Crippen LogP contribution >= 0.6 is 0 Å². The summed E-state index contributed by atoms with van der Waals surface area (Å²) in [5, 5.41) is 68.3. The second-order valence-corrected chi connectivity index (χ2v) is 30.2. The van der Waals surface area contributed by atoms with Crippen molar-refractivity contribution in [3.63, 3.8) is 0 Å². The van der Waals surface area contributed by atoms with Crippen molar-refractivity contribution in [2.75, 3.05) is 78.7 Å². The lowest BCUT2D eigenvalue weighted by Gasteiger charge is -2.34. The average molecular weight is 1640 g/mol. The van der Waals surface area contributed by atoms with Crippen LogP contribution in [0.2, 0.25) is 0 Å². The van der Waals surface area contributed by atoms with Gasteiger partial charge in [-0.3, -0.25) is 82.0 Å². The van der Waals surface area contributed by atoms with E-state index in [0.29, 0.717) is 76.3 Å². The van der Waals surface area contributed by atoms with Gasteiger partial charge in [-0.25, -0.2) is 0 Å². The number of carboxylic acids is 1. The van der Waals surface area contributed by atoms with Gasteiger partial charge in [0.25, 0.3) is 0 Å². The molecule has 41 nitrogen and oxygen atoms in total. The smallest absolute Gasteiger partial charge is 0.325 e. The van der Waals surface area contributed by atoms with Gasteiger partial charge in [-0.15, -0.1) is 0 Å². The molecule has 116 heavy (non-hydrogen) atoms. The number of unbranched alkanes of at least 4 members (excludes halogenated alkanes) is 2. The molecule has 5 saturated heterocycles. The van der Waals surface area contributed by atoms with Gasteiger partial charge in [0.05, 0.1) is 26.4 Å². The maximum atomic E-state index is 14.8. The molecule has 0 saturated carbocycles. The first-order valence-electron chi connectivity index (χ1n) is 40.4. The van der Waals surface area contributed by atoms with Gasteiger partial charge in [0.15, 0.2) is 0 Å². The van der Waals surface area contributed by atoms with Crippen molar-refractivity contribution >= 4 is 94.6 Å².